The fraction of sp³-hybridized carbons (Fsp3) is 0.524. The van der Waals surface area contributed by atoms with E-state index in [9.17, 15) is 10.1 Å². The molecule has 2 aliphatic rings. The summed E-state index contributed by atoms with van der Waals surface area (Å²) in [7, 11) is 0. The predicted molar refractivity (Wildman–Crippen MR) is 104 cm³/mol. The van der Waals surface area contributed by atoms with Crippen LogP contribution >= 0.6 is 11.6 Å². The highest BCUT2D eigenvalue weighted by molar-refractivity contribution is 6.30. The van der Waals surface area contributed by atoms with Crippen LogP contribution in [-0.2, 0) is 4.79 Å². The molecule has 1 saturated heterocycles. The van der Waals surface area contributed by atoms with Gasteiger partial charge in [0, 0.05) is 11.1 Å². The Morgan fingerprint density at radius 3 is 2.48 bits per heavy atom. The fourth-order valence-corrected chi connectivity index (χ4v) is 3.99. The Kier molecular flexibility index (Phi) is 6.61. The molecule has 1 aromatic carbocycles. The first kappa shape index (κ1) is 19.5. The van der Waals surface area contributed by atoms with Crippen LogP contribution in [0.4, 0.5) is 0 Å². The molecular weight excluding hydrogens is 362 g/mol. The summed E-state index contributed by atoms with van der Waals surface area (Å²) in [6.45, 7) is 0.226. The molecule has 0 aromatic heterocycles. The summed E-state index contributed by atoms with van der Waals surface area (Å²) in [4.78, 5) is 14.1. The summed E-state index contributed by atoms with van der Waals surface area (Å²) in [6.07, 6.45) is 10.8. The second kappa shape index (κ2) is 9.13. The molecule has 142 valence electrons. The number of rotatable bonds is 5. The Hall–Kier alpha value is -2.21. The van der Waals surface area contributed by atoms with Gasteiger partial charge in [-0.25, -0.2) is 0 Å². The fourth-order valence-electron chi connectivity index (χ4n) is 3.86. The number of halogens is 1. The number of nitriles is 1. The molecule has 2 atom stereocenters. The lowest BCUT2D eigenvalue weighted by molar-refractivity contribution is -0.131. The number of carbonyl (C=O) groups is 1. The van der Waals surface area contributed by atoms with E-state index in [1.54, 1.807) is 4.90 Å². The van der Waals surface area contributed by atoms with Crippen molar-refractivity contribution >= 4 is 17.5 Å². The van der Waals surface area contributed by atoms with Crippen molar-refractivity contribution in [3.05, 3.63) is 29.3 Å². The van der Waals surface area contributed by atoms with Gasteiger partial charge in [0.15, 0.2) is 0 Å². The van der Waals surface area contributed by atoms with Gasteiger partial charge >= 0.3 is 0 Å². The van der Waals surface area contributed by atoms with Gasteiger partial charge in [-0.05, 0) is 62.8 Å². The lowest BCUT2D eigenvalue weighted by Crippen LogP contribution is -2.47. The van der Waals surface area contributed by atoms with Gasteiger partial charge in [-0.1, -0.05) is 17.5 Å². The molecule has 3 rings (SSSR count). The van der Waals surface area contributed by atoms with E-state index < -0.39 is 6.04 Å². The summed E-state index contributed by atoms with van der Waals surface area (Å²) < 4.78 is 6.00. The van der Waals surface area contributed by atoms with Crippen molar-refractivity contribution in [1.82, 2.24) is 10.2 Å². The highest BCUT2D eigenvalue weighted by Crippen LogP contribution is 2.26. The minimum absolute atomic E-state index is 0.0819. The third-order valence-electron chi connectivity index (χ3n) is 5.35. The zero-order chi connectivity index (χ0) is 19.2. The molecule has 1 amide bonds. The van der Waals surface area contributed by atoms with Crippen molar-refractivity contribution < 1.29 is 9.53 Å². The molecule has 2 fully saturated rings. The summed E-state index contributed by atoms with van der Waals surface area (Å²) in [6, 6.07) is 9.23. The zero-order valence-corrected chi connectivity index (χ0v) is 16.0. The van der Waals surface area contributed by atoms with Gasteiger partial charge in [0.05, 0.1) is 24.8 Å². The number of amides is 1. The maximum absolute atomic E-state index is 12.5. The van der Waals surface area contributed by atoms with Crippen LogP contribution in [0.15, 0.2) is 24.3 Å². The molecule has 1 saturated carbocycles. The summed E-state index contributed by atoms with van der Waals surface area (Å²) in [5, 5.41) is 13.3. The zero-order valence-electron chi connectivity index (χ0n) is 15.2. The van der Waals surface area contributed by atoms with E-state index in [1.807, 2.05) is 24.3 Å². The van der Waals surface area contributed by atoms with Crippen LogP contribution in [0, 0.1) is 23.7 Å². The molecule has 1 heterocycles. The highest BCUT2D eigenvalue weighted by atomic mass is 35.5. The minimum Gasteiger partial charge on any atom is -0.490 e. The van der Waals surface area contributed by atoms with E-state index in [1.165, 1.54) is 0 Å². The molecule has 27 heavy (non-hydrogen) atoms. The Morgan fingerprint density at radius 2 is 1.85 bits per heavy atom. The van der Waals surface area contributed by atoms with E-state index in [2.05, 4.69) is 17.3 Å². The van der Waals surface area contributed by atoms with Crippen LogP contribution in [0.3, 0.4) is 0 Å². The Morgan fingerprint density at radius 1 is 1.19 bits per heavy atom. The van der Waals surface area contributed by atoms with Crippen molar-refractivity contribution in [3.63, 3.8) is 0 Å². The van der Waals surface area contributed by atoms with E-state index in [-0.39, 0.29) is 30.6 Å². The summed E-state index contributed by atoms with van der Waals surface area (Å²) in [5.74, 6) is 3.39. The van der Waals surface area contributed by atoms with E-state index in [4.69, 9.17) is 22.8 Å². The third kappa shape index (κ3) is 4.95. The maximum Gasteiger partial charge on any atom is 0.238 e. The molecule has 6 heteroatoms. The largest absolute Gasteiger partial charge is 0.490 e. The lowest BCUT2D eigenvalue weighted by Gasteiger charge is -2.30. The monoisotopic (exact) mass is 385 g/mol. The normalized spacial score (nSPS) is 27.6. The number of hydrogen-bond donors (Lipinski definition) is 1. The molecule has 0 radical (unpaired) electrons. The van der Waals surface area contributed by atoms with Crippen LogP contribution < -0.4 is 10.1 Å². The SMILES string of the molecule is C#CC1CC[C@@H](C#N)N1C(=O)CN[C@H]1CC[C@H](Oc2ccc(Cl)cc2)CC1. The van der Waals surface area contributed by atoms with E-state index >= 15 is 0 Å². The van der Waals surface area contributed by atoms with Crippen LogP contribution in [-0.4, -0.2) is 41.6 Å². The van der Waals surface area contributed by atoms with Gasteiger partial charge in [-0.15, -0.1) is 6.42 Å². The van der Waals surface area contributed by atoms with E-state index in [0.29, 0.717) is 17.9 Å². The first-order valence-electron chi connectivity index (χ1n) is 9.43. The molecule has 1 aliphatic heterocycles. The second-order valence-corrected chi connectivity index (χ2v) is 7.57. The summed E-state index contributed by atoms with van der Waals surface area (Å²) in [5.41, 5.74) is 0. The first-order valence-corrected chi connectivity index (χ1v) is 9.81. The van der Waals surface area contributed by atoms with Crippen molar-refractivity contribution in [3.8, 4) is 24.2 Å². The van der Waals surface area contributed by atoms with Crippen LogP contribution in [0.2, 0.25) is 5.02 Å². The smallest absolute Gasteiger partial charge is 0.238 e. The third-order valence-corrected chi connectivity index (χ3v) is 5.60. The molecule has 1 N–H and O–H groups in total. The van der Waals surface area contributed by atoms with Crippen molar-refractivity contribution in [2.45, 2.75) is 62.8 Å². The van der Waals surface area contributed by atoms with Gasteiger partial charge in [-0.2, -0.15) is 5.26 Å². The second-order valence-electron chi connectivity index (χ2n) is 7.13. The number of terminal acetylenes is 1. The van der Waals surface area contributed by atoms with Gasteiger partial charge in [0.1, 0.15) is 11.8 Å². The van der Waals surface area contributed by atoms with Crippen LogP contribution in [0.1, 0.15) is 38.5 Å². The number of ether oxygens (including phenoxy) is 1. The number of likely N-dealkylation sites (tertiary alicyclic amines) is 1. The number of nitrogens with one attached hydrogen (secondary N) is 1. The topological polar surface area (TPSA) is 65.4 Å². The standard InChI is InChI=1S/C21H24ClN3O2/c1-2-17-7-8-18(13-23)25(17)21(26)14-24-16-5-11-20(12-6-16)27-19-9-3-15(22)4-10-19/h1,3-4,9-10,16-18,20,24H,5-8,11-12,14H2/t16-,17?,18-,20-/m0/s1. The molecule has 1 aliphatic carbocycles. The number of carbonyl (C=O) groups excluding carboxylic acids is 1. The number of benzene rings is 1. The van der Waals surface area contributed by atoms with Crippen molar-refractivity contribution in [1.29, 1.82) is 5.26 Å². The van der Waals surface area contributed by atoms with Crippen molar-refractivity contribution in [2.75, 3.05) is 6.54 Å². The molecule has 5 nitrogen and oxygen atoms in total. The Balaban J connectivity index is 1.43. The average molecular weight is 386 g/mol. The van der Waals surface area contributed by atoms with Gasteiger partial charge in [0.2, 0.25) is 5.91 Å². The highest BCUT2D eigenvalue weighted by Gasteiger charge is 2.36. The quantitative estimate of drug-likeness (QED) is 0.791. The van der Waals surface area contributed by atoms with Crippen LogP contribution in [0.25, 0.3) is 0 Å². The average Bonchev–Trinajstić information content (AvgIpc) is 3.12. The molecule has 0 spiro atoms. The Labute approximate surface area is 165 Å². The molecule has 0 bridgehead atoms. The number of nitrogens with zero attached hydrogens (tertiary/aromatic N) is 2. The van der Waals surface area contributed by atoms with E-state index in [0.717, 1.165) is 31.4 Å². The Bertz CT molecular complexity index is 707. The summed E-state index contributed by atoms with van der Waals surface area (Å²) >= 11 is 5.89. The van der Waals surface area contributed by atoms with Gasteiger partial charge in [-0.3, -0.25) is 4.79 Å². The lowest BCUT2D eigenvalue weighted by atomic mass is 9.93. The predicted octanol–water partition coefficient (Wildman–Crippen LogP) is 3.14. The van der Waals surface area contributed by atoms with Crippen LogP contribution in [0.5, 0.6) is 5.75 Å². The maximum atomic E-state index is 12.5. The minimum atomic E-state index is -0.399. The molecule has 1 aromatic rings. The first-order chi connectivity index (χ1) is 13.1. The van der Waals surface area contributed by atoms with Crippen molar-refractivity contribution in [2.24, 2.45) is 0 Å². The number of hydrogen-bond acceptors (Lipinski definition) is 4. The van der Waals surface area contributed by atoms with Gasteiger partial charge < -0.3 is 15.0 Å². The van der Waals surface area contributed by atoms with Gasteiger partial charge in [0.25, 0.3) is 0 Å². The molecular formula is C21H24ClN3O2. The molecule has 1 unspecified atom stereocenters.